The Bertz CT molecular complexity index is 501. The van der Waals surface area contributed by atoms with Crippen molar-refractivity contribution in [1.82, 2.24) is 9.88 Å². The van der Waals surface area contributed by atoms with Gasteiger partial charge in [-0.05, 0) is 32.1 Å². The van der Waals surface area contributed by atoms with Crippen molar-refractivity contribution in [1.29, 1.82) is 0 Å². The van der Waals surface area contributed by atoms with Crippen LogP contribution in [0.3, 0.4) is 0 Å². The number of nitrogen functional groups attached to an aromatic ring is 1. The molecule has 1 amide bonds. The number of hydrogen-bond donors (Lipinski definition) is 2. The van der Waals surface area contributed by atoms with Gasteiger partial charge in [-0.25, -0.2) is 4.98 Å². The van der Waals surface area contributed by atoms with Gasteiger partial charge in [0.25, 0.3) is 5.91 Å². The number of nitrogens with two attached hydrogens (primary N) is 1. The van der Waals surface area contributed by atoms with Crippen LogP contribution in [-0.4, -0.2) is 34.9 Å². The third-order valence-electron chi connectivity index (χ3n) is 4.45. The summed E-state index contributed by atoms with van der Waals surface area (Å²) in [5, 5.41) is 3.87. The number of amides is 1. The number of aromatic nitrogens is 1. The molecule has 1 saturated carbocycles. The van der Waals surface area contributed by atoms with Crippen LogP contribution in [0.4, 0.5) is 10.9 Å². The van der Waals surface area contributed by atoms with E-state index in [-0.39, 0.29) is 5.91 Å². The fourth-order valence-electron chi connectivity index (χ4n) is 3.50. The van der Waals surface area contributed by atoms with Crippen LogP contribution in [0.2, 0.25) is 0 Å². The van der Waals surface area contributed by atoms with Gasteiger partial charge in [-0.15, -0.1) is 0 Å². The van der Waals surface area contributed by atoms with E-state index in [4.69, 9.17) is 5.73 Å². The third kappa shape index (κ3) is 2.37. The molecule has 5 nitrogen and oxygen atoms in total. The van der Waals surface area contributed by atoms with E-state index in [9.17, 15) is 4.79 Å². The number of anilines is 2. The molecule has 0 radical (unpaired) electrons. The van der Waals surface area contributed by atoms with Crippen LogP contribution in [0.1, 0.15) is 48.7 Å². The molecule has 0 spiro atoms. The average Bonchev–Trinajstić information content (AvgIpc) is 3.02. The van der Waals surface area contributed by atoms with Gasteiger partial charge in [0.1, 0.15) is 10.7 Å². The highest BCUT2D eigenvalue weighted by atomic mass is 32.1. The standard InChI is InChI=1S/C14H22N4OS/c1-2-16-14-17-12(15)11(20-14)13(19)18-8-7-9-5-3-4-6-10(9)18/h9-10H,2-8,15H2,1H3,(H,16,17). The first-order valence-electron chi connectivity index (χ1n) is 7.52. The summed E-state index contributed by atoms with van der Waals surface area (Å²) in [6, 6.07) is 0.431. The van der Waals surface area contributed by atoms with E-state index in [2.05, 4.69) is 10.3 Å². The monoisotopic (exact) mass is 294 g/mol. The lowest BCUT2D eigenvalue weighted by atomic mass is 9.85. The molecule has 1 aliphatic carbocycles. The minimum atomic E-state index is 0.0820. The van der Waals surface area contributed by atoms with Gasteiger partial charge in [-0.2, -0.15) is 0 Å². The molecular weight excluding hydrogens is 272 g/mol. The number of hydrogen-bond acceptors (Lipinski definition) is 5. The molecule has 110 valence electrons. The number of nitrogens with zero attached hydrogens (tertiary/aromatic N) is 2. The van der Waals surface area contributed by atoms with E-state index in [1.165, 1.54) is 30.6 Å². The second kappa shape index (κ2) is 5.60. The molecule has 2 atom stereocenters. The van der Waals surface area contributed by atoms with Crippen molar-refractivity contribution in [3.63, 3.8) is 0 Å². The van der Waals surface area contributed by atoms with E-state index in [0.717, 1.165) is 31.1 Å². The maximum absolute atomic E-state index is 12.7. The predicted octanol–water partition coefficient (Wildman–Crippen LogP) is 2.56. The van der Waals surface area contributed by atoms with Crippen LogP contribution in [0.25, 0.3) is 0 Å². The Morgan fingerprint density at radius 2 is 2.25 bits per heavy atom. The number of carbonyl (C=O) groups excluding carboxylic acids is 1. The zero-order valence-corrected chi connectivity index (χ0v) is 12.7. The topological polar surface area (TPSA) is 71.2 Å². The van der Waals surface area contributed by atoms with E-state index in [1.54, 1.807) is 0 Å². The number of likely N-dealkylation sites (tertiary alicyclic amines) is 1. The van der Waals surface area contributed by atoms with E-state index < -0.39 is 0 Å². The van der Waals surface area contributed by atoms with Crippen molar-refractivity contribution < 1.29 is 4.79 Å². The first-order chi connectivity index (χ1) is 9.70. The minimum Gasteiger partial charge on any atom is -0.382 e. The highest BCUT2D eigenvalue weighted by Gasteiger charge is 2.39. The summed E-state index contributed by atoms with van der Waals surface area (Å²) >= 11 is 1.38. The molecule has 1 aromatic heterocycles. The summed E-state index contributed by atoms with van der Waals surface area (Å²) in [6.07, 6.45) is 6.13. The normalized spacial score (nSPS) is 25.6. The van der Waals surface area contributed by atoms with E-state index in [0.29, 0.717) is 22.7 Å². The smallest absolute Gasteiger partial charge is 0.268 e. The Morgan fingerprint density at radius 3 is 3.05 bits per heavy atom. The van der Waals surface area contributed by atoms with Gasteiger partial charge < -0.3 is 16.0 Å². The summed E-state index contributed by atoms with van der Waals surface area (Å²) in [6.45, 7) is 3.67. The van der Waals surface area contributed by atoms with Crippen molar-refractivity contribution in [3.8, 4) is 0 Å². The van der Waals surface area contributed by atoms with Crippen molar-refractivity contribution in [3.05, 3.63) is 4.88 Å². The molecule has 2 aliphatic rings. The first kappa shape index (κ1) is 13.7. The van der Waals surface area contributed by atoms with Crippen molar-refractivity contribution in [2.45, 2.75) is 45.1 Å². The molecule has 1 aliphatic heterocycles. The van der Waals surface area contributed by atoms with Crippen LogP contribution in [0.15, 0.2) is 0 Å². The third-order valence-corrected chi connectivity index (χ3v) is 5.46. The molecule has 20 heavy (non-hydrogen) atoms. The maximum Gasteiger partial charge on any atom is 0.268 e. The fourth-order valence-corrected chi connectivity index (χ4v) is 4.41. The molecule has 2 heterocycles. The molecule has 0 aromatic carbocycles. The van der Waals surface area contributed by atoms with Gasteiger partial charge in [-0.1, -0.05) is 24.2 Å². The van der Waals surface area contributed by atoms with Crippen LogP contribution < -0.4 is 11.1 Å². The van der Waals surface area contributed by atoms with Gasteiger partial charge in [0.15, 0.2) is 5.13 Å². The minimum absolute atomic E-state index is 0.0820. The summed E-state index contributed by atoms with van der Waals surface area (Å²) in [5.41, 5.74) is 5.92. The lowest BCUT2D eigenvalue weighted by Gasteiger charge is -2.31. The Morgan fingerprint density at radius 1 is 1.45 bits per heavy atom. The predicted molar refractivity (Wildman–Crippen MR) is 82.1 cm³/mol. The van der Waals surface area contributed by atoms with Crippen molar-refractivity contribution >= 4 is 28.2 Å². The molecule has 2 fully saturated rings. The van der Waals surface area contributed by atoms with Crippen LogP contribution in [0, 0.1) is 5.92 Å². The van der Waals surface area contributed by atoms with Crippen LogP contribution >= 0.6 is 11.3 Å². The van der Waals surface area contributed by atoms with Gasteiger partial charge in [-0.3, -0.25) is 4.79 Å². The quantitative estimate of drug-likeness (QED) is 0.898. The largest absolute Gasteiger partial charge is 0.382 e. The van der Waals surface area contributed by atoms with Gasteiger partial charge in [0.2, 0.25) is 0 Å². The zero-order chi connectivity index (χ0) is 14.1. The second-order valence-electron chi connectivity index (χ2n) is 5.66. The van der Waals surface area contributed by atoms with Gasteiger partial charge in [0.05, 0.1) is 0 Å². The number of fused-ring (bicyclic) bond motifs is 1. The number of nitrogens with one attached hydrogen (secondary N) is 1. The number of rotatable bonds is 3. The van der Waals surface area contributed by atoms with Crippen molar-refractivity contribution in [2.75, 3.05) is 24.1 Å². The summed E-state index contributed by atoms with van der Waals surface area (Å²) in [5.74, 6) is 1.16. The number of carbonyl (C=O) groups is 1. The highest BCUT2D eigenvalue weighted by Crippen LogP contribution is 2.38. The molecule has 2 unspecified atom stereocenters. The summed E-state index contributed by atoms with van der Waals surface area (Å²) in [4.78, 5) is 19.6. The molecule has 0 bridgehead atoms. The SMILES string of the molecule is CCNc1nc(N)c(C(=O)N2CCC3CCCCC32)s1. The van der Waals surface area contributed by atoms with E-state index in [1.807, 2.05) is 11.8 Å². The van der Waals surface area contributed by atoms with Crippen LogP contribution in [0.5, 0.6) is 0 Å². The Kier molecular flexibility index (Phi) is 3.83. The Hall–Kier alpha value is -1.30. The molecule has 3 rings (SSSR count). The Labute approximate surface area is 123 Å². The van der Waals surface area contributed by atoms with Crippen molar-refractivity contribution in [2.24, 2.45) is 5.92 Å². The molecule has 1 aromatic rings. The first-order valence-corrected chi connectivity index (χ1v) is 8.33. The highest BCUT2D eigenvalue weighted by molar-refractivity contribution is 7.18. The Balaban J connectivity index is 1.78. The van der Waals surface area contributed by atoms with E-state index >= 15 is 0 Å². The second-order valence-corrected chi connectivity index (χ2v) is 6.66. The number of thiazole rings is 1. The maximum atomic E-state index is 12.7. The average molecular weight is 294 g/mol. The molecule has 6 heteroatoms. The molecular formula is C14H22N4OS. The summed E-state index contributed by atoms with van der Waals surface area (Å²) < 4.78 is 0. The van der Waals surface area contributed by atoms with Gasteiger partial charge >= 0.3 is 0 Å². The molecule has 1 saturated heterocycles. The lowest BCUT2D eigenvalue weighted by Crippen LogP contribution is -2.39. The molecule has 3 N–H and O–H groups in total. The van der Waals surface area contributed by atoms with Gasteiger partial charge in [0, 0.05) is 19.1 Å². The lowest BCUT2D eigenvalue weighted by molar-refractivity contribution is 0.0696. The summed E-state index contributed by atoms with van der Waals surface area (Å²) in [7, 11) is 0. The zero-order valence-electron chi connectivity index (χ0n) is 11.9. The van der Waals surface area contributed by atoms with Crippen LogP contribution in [-0.2, 0) is 0 Å². The fraction of sp³-hybridized carbons (Fsp3) is 0.714.